The molecule has 6 nitrogen and oxygen atoms in total. The van der Waals surface area contributed by atoms with Crippen molar-refractivity contribution in [2.75, 3.05) is 0 Å². The number of para-hydroxylation sites is 2. The first kappa shape index (κ1) is 20.4. The van der Waals surface area contributed by atoms with Gasteiger partial charge in [0, 0.05) is 11.1 Å². The molecule has 1 N–H and O–H groups in total. The van der Waals surface area contributed by atoms with Crippen LogP contribution in [0, 0.1) is 0 Å². The first-order valence-electron chi connectivity index (χ1n) is 10.3. The van der Waals surface area contributed by atoms with E-state index >= 15 is 0 Å². The van der Waals surface area contributed by atoms with Gasteiger partial charge in [-0.15, -0.1) is 0 Å². The summed E-state index contributed by atoms with van der Waals surface area (Å²) in [5, 5.41) is 3.63. The van der Waals surface area contributed by atoms with Gasteiger partial charge < -0.3 is 5.32 Å². The van der Waals surface area contributed by atoms with Crippen LogP contribution < -0.4 is 16.4 Å². The van der Waals surface area contributed by atoms with E-state index < -0.39 is 11.1 Å². The molecule has 1 heterocycles. The average Bonchev–Trinajstić information content (AvgIpc) is 2.76. The predicted octanol–water partition coefficient (Wildman–Crippen LogP) is 3.31. The molecule has 3 aromatic rings. The highest BCUT2D eigenvalue weighted by Gasteiger charge is 2.19. The second-order valence-corrected chi connectivity index (χ2v) is 8.24. The van der Waals surface area contributed by atoms with Crippen LogP contribution in [0.25, 0.3) is 11.0 Å². The van der Waals surface area contributed by atoms with Crippen molar-refractivity contribution in [3.05, 3.63) is 79.8 Å². The summed E-state index contributed by atoms with van der Waals surface area (Å²) in [4.78, 5) is 38.4. The Kier molecular flexibility index (Phi) is 6.04. The summed E-state index contributed by atoms with van der Waals surface area (Å²) in [7, 11) is 0. The highest BCUT2D eigenvalue weighted by molar-refractivity contribution is 6.30. The Balaban J connectivity index is 1.68. The van der Waals surface area contributed by atoms with E-state index in [4.69, 9.17) is 11.6 Å². The minimum Gasteiger partial charge on any atom is -0.352 e. The maximum atomic E-state index is 12.9. The normalized spacial score (nSPS) is 14.7. The molecule has 1 fully saturated rings. The van der Waals surface area contributed by atoms with Crippen molar-refractivity contribution in [2.45, 2.75) is 51.2 Å². The molecular weight excluding hydrogens is 402 g/mol. The second kappa shape index (κ2) is 8.88. The molecule has 0 unspecified atom stereocenters. The van der Waals surface area contributed by atoms with Gasteiger partial charge in [-0.1, -0.05) is 55.1 Å². The lowest BCUT2D eigenvalue weighted by atomic mass is 9.95. The Labute approximate surface area is 179 Å². The van der Waals surface area contributed by atoms with Crippen molar-refractivity contribution < 1.29 is 4.79 Å². The van der Waals surface area contributed by atoms with Gasteiger partial charge in [-0.25, -0.2) is 0 Å². The fraction of sp³-hybridized carbons (Fsp3) is 0.348. The number of hydrogen-bond donors (Lipinski definition) is 1. The topological polar surface area (TPSA) is 73.1 Å². The molecule has 1 aliphatic rings. The second-order valence-electron chi connectivity index (χ2n) is 7.80. The number of nitrogens with one attached hydrogen (secondary N) is 1. The summed E-state index contributed by atoms with van der Waals surface area (Å²) in [5.41, 5.74) is 0.701. The highest BCUT2D eigenvalue weighted by Crippen LogP contribution is 2.18. The molecular formula is C23H24ClN3O3. The van der Waals surface area contributed by atoms with Crippen LogP contribution in [-0.4, -0.2) is 21.1 Å². The molecule has 0 spiro atoms. The van der Waals surface area contributed by atoms with Crippen LogP contribution in [0.3, 0.4) is 0 Å². The minimum atomic E-state index is -0.693. The van der Waals surface area contributed by atoms with E-state index in [-0.39, 0.29) is 25.0 Å². The monoisotopic (exact) mass is 425 g/mol. The summed E-state index contributed by atoms with van der Waals surface area (Å²) in [6.45, 7) is 0.0910. The maximum Gasteiger partial charge on any atom is 0.317 e. The third kappa shape index (κ3) is 4.33. The number of nitrogens with zero attached hydrogens (tertiary/aromatic N) is 2. The highest BCUT2D eigenvalue weighted by atomic mass is 35.5. The Morgan fingerprint density at radius 3 is 2.17 bits per heavy atom. The van der Waals surface area contributed by atoms with Crippen molar-refractivity contribution in [1.29, 1.82) is 0 Å². The Bertz CT molecular complexity index is 1180. The smallest absolute Gasteiger partial charge is 0.317 e. The van der Waals surface area contributed by atoms with Crippen LogP contribution in [0.15, 0.2) is 58.1 Å². The summed E-state index contributed by atoms with van der Waals surface area (Å²) in [5.74, 6) is -0.232. The van der Waals surface area contributed by atoms with Crippen molar-refractivity contribution in [3.63, 3.8) is 0 Å². The lowest BCUT2D eigenvalue weighted by Crippen LogP contribution is -2.45. The fourth-order valence-corrected chi connectivity index (χ4v) is 4.25. The zero-order chi connectivity index (χ0) is 21.1. The molecule has 0 radical (unpaired) electrons. The number of benzene rings is 2. The Morgan fingerprint density at radius 2 is 1.50 bits per heavy atom. The van der Waals surface area contributed by atoms with E-state index in [1.807, 2.05) is 18.2 Å². The molecule has 2 aromatic carbocycles. The lowest BCUT2D eigenvalue weighted by Gasteiger charge is -2.23. The first-order valence-corrected chi connectivity index (χ1v) is 10.7. The van der Waals surface area contributed by atoms with Gasteiger partial charge in [0.15, 0.2) is 0 Å². The quantitative estimate of drug-likeness (QED) is 0.637. The zero-order valence-electron chi connectivity index (χ0n) is 16.6. The average molecular weight is 426 g/mol. The maximum absolute atomic E-state index is 12.9. The summed E-state index contributed by atoms with van der Waals surface area (Å²) >= 11 is 5.95. The minimum absolute atomic E-state index is 0.151. The van der Waals surface area contributed by atoms with Gasteiger partial charge in [0.2, 0.25) is 5.91 Å². The largest absolute Gasteiger partial charge is 0.352 e. The van der Waals surface area contributed by atoms with Gasteiger partial charge in [-0.3, -0.25) is 23.5 Å². The van der Waals surface area contributed by atoms with Crippen LogP contribution in [-0.2, 0) is 17.9 Å². The van der Waals surface area contributed by atoms with E-state index in [0.29, 0.717) is 16.1 Å². The molecule has 4 rings (SSSR count). The predicted molar refractivity (Wildman–Crippen MR) is 118 cm³/mol. The van der Waals surface area contributed by atoms with Gasteiger partial charge in [-0.2, -0.15) is 0 Å². The standard InChI is InChI=1S/C23H24ClN3O3/c24-17-12-10-16(11-13-17)14-26-19-8-4-5-9-20(19)27(23(30)22(26)29)15-21(28)25-18-6-2-1-3-7-18/h4-5,8-13,18H,1-3,6-7,14-15H2,(H,25,28). The molecule has 156 valence electrons. The first-order chi connectivity index (χ1) is 14.5. The number of rotatable bonds is 5. The van der Waals surface area contributed by atoms with Crippen LogP contribution in [0.1, 0.15) is 37.7 Å². The van der Waals surface area contributed by atoms with Crippen LogP contribution in [0.5, 0.6) is 0 Å². The zero-order valence-corrected chi connectivity index (χ0v) is 17.4. The number of aromatic nitrogens is 2. The van der Waals surface area contributed by atoms with E-state index in [1.165, 1.54) is 15.6 Å². The van der Waals surface area contributed by atoms with Gasteiger partial charge in [0.1, 0.15) is 6.54 Å². The van der Waals surface area contributed by atoms with Crippen LogP contribution >= 0.6 is 11.6 Å². The van der Waals surface area contributed by atoms with Gasteiger partial charge >= 0.3 is 11.1 Å². The number of carbonyl (C=O) groups excluding carboxylic acids is 1. The van der Waals surface area contributed by atoms with Gasteiger partial charge in [0.25, 0.3) is 0 Å². The van der Waals surface area contributed by atoms with Crippen molar-refractivity contribution in [3.8, 4) is 0 Å². The molecule has 1 saturated carbocycles. The third-order valence-corrected chi connectivity index (χ3v) is 5.91. The molecule has 0 bridgehead atoms. The van der Waals surface area contributed by atoms with Crippen LogP contribution in [0.4, 0.5) is 0 Å². The summed E-state index contributed by atoms with van der Waals surface area (Å²) < 4.78 is 2.74. The molecule has 1 aliphatic carbocycles. The fourth-order valence-electron chi connectivity index (χ4n) is 4.12. The van der Waals surface area contributed by atoms with Gasteiger partial charge in [0.05, 0.1) is 17.6 Å². The molecule has 1 amide bonds. The molecule has 0 aliphatic heterocycles. The summed E-state index contributed by atoms with van der Waals surface area (Å²) in [6.07, 6.45) is 5.33. The molecule has 1 aromatic heterocycles. The number of amides is 1. The van der Waals surface area contributed by atoms with E-state index in [9.17, 15) is 14.4 Å². The van der Waals surface area contributed by atoms with Crippen molar-refractivity contribution >= 4 is 28.5 Å². The number of fused-ring (bicyclic) bond motifs is 1. The Morgan fingerprint density at radius 1 is 0.900 bits per heavy atom. The Hall–Kier alpha value is -2.86. The SMILES string of the molecule is O=C(Cn1c(=O)c(=O)n(Cc2ccc(Cl)cc2)c2ccccc21)NC1CCCCC1. The molecule has 0 atom stereocenters. The van der Waals surface area contributed by atoms with Crippen LogP contribution in [0.2, 0.25) is 5.02 Å². The van der Waals surface area contributed by atoms with E-state index in [2.05, 4.69) is 5.32 Å². The molecule has 7 heteroatoms. The number of carbonyl (C=O) groups is 1. The number of hydrogen-bond acceptors (Lipinski definition) is 3. The van der Waals surface area contributed by atoms with E-state index in [0.717, 1.165) is 31.2 Å². The third-order valence-electron chi connectivity index (χ3n) is 5.66. The van der Waals surface area contributed by atoms with Crippen molar-refractivity contribution in [1.82, 2.24) is 14.5 Å². The summed E-state index contributed by atoms with van der Waals surface area (Å²) in [6, 6.07) is 14.5. The van der Waals surface area contributed by atoms with Gasteiger partial charge in [-0.05, 0) is 42.7 Å². The molecule has 0 saturated heterocycles. The van der Waals surface area contributed by atoms with Crippen molar-refractivity contribution in [2.24, 2.45) is 0 Å². The van der Waals surface area contributed by atoms with E-state index in [1.54, 1.807) is 30.3 Å². The number of halogens is 1. The lowest BCUT2D eigenvalue weighted by molar-refractivity contribution is -0.122. The molecule has 30 heavy (non-hydrogen) atoms.